The Morgan fingerprint density at radius 2 is 2.55 bits per heavy atom. The lowest BCUT2D eigenvalue weighted by atomic mass is 10.2. The van der Waals surface area contributed by atoms with Crippen molar-refractivity contribution in [2.45, 2.75) is 18.9 Å². The quantitative estimate of drug-likeness (QED) is 0.608. The Hall–Kier alpha value is -1.32. The third-order valence-corrected chi connectivity index (χ3v) is 1.89. The van der Waals surface area contributed by atoms with Gasteiger partial charge in [-0.1, -0.05) is 0 Å². The van der Waals surface area contributed by atoms with E-state index in [-0.39, 0.29) is 11.9 Å². The number of hydrogen-bond donors (Lipinski definition) is 2. The fraction of sp³-hybridized carbons (Fsp3) is 0.429. The van der Waals surface area contributed by atoms with Crippen molar-refractivity contribution < 1.29 is 4.79 Å². The van der Waals surface area contributed by atoms with Crippen molar-refractivity contribution in [3.63, 3.8) is 0 Å². The molecule has 1 fully saturated rings. The van der Waals surface area contributed by atoms with Crippen LogP contribution in [0.15, 0.2) is 12.5 Å². The number of imidazole rings is 1. The van der Waals surface area contributed by atoms with Gasteiger partial charge < -0.3 is 10.3 Å². The summed E-state index contributed by atoms with van der Waals surface area (Å²) in [6.07, 6.45) is 4.88. The number of aromatic nitrogens is 2. The largest absolute Gasteiger partial charge is 0.348 e. The van der Waals surface area contributed by atoms with Crippen LogP contribution in [0.5, 0.6) is 0 Å². The molecule has 1 aromatic heterocycles. The zero-order chi connectivity index (χ0) is 7.68. The molecule has 0 aliphatic carbocycles. The topological polar surface area (TPSA) is 57.8 Å². The maximum absolute atomic E-state index is 10.8. The molecular formula is C7H9N3O. The third-order valence-electron chi connectivity index (χ3n) is 1.89. The molecule has 0 spiro atoms. The summed E-state index contributed by atoms with van der Waals surface area (Å²) in [5, 5.41) is 2.85. The Labute approximate surface area is 64.0 Å². The highest BCUT2D eigenvalue weighted by Crippen LogP contribution is 2.20. The molecule has 0 radical (unpaired) electrons. The van der Waals surface area contributed by atoms with E-state index in [1.807, 2.05) is 0 Å². The van der Waals surface area contributed by atoms with Gasteiger partial charge in [-0.2, -0.15) is 0 Å². The number of nitrogens with one attached hydrogen (secondary N) is 2. The van der Waals surface area contributed by atoms with E-state index in [1.165, 1.54) is 0 Å². The number of amides is 1. The van der Waals surface area contributed by atoms with Crippen molar-refractivity contribution in [2.24, 2.45) is 0 Å². The summed E-state index contributed by atoms with van der Waals surface area (Å²) in [5.74, 6) is 0.129. The fourth-order valence-corrected chi connectivity index (χ4v) is 1.30. The van der Waals surface area contributed by atoms with Crippen LogP contribution in [0.4, 0.5) is 0 Å². The van der Waals surface area contributed by atoms with Gasteiger partial charge in [0.05, 0.1) is 24.3 Å². The Morgan fingerprint density at radius 1 is 1.64 bits per heavy atom. The predicted octanol–water partition coefficient (Wildman–Crippen LogP) is 0.361. The van der Waals surface area contributed by atoms with Crippen LogP contribution >= 0.6 is 0 Å². The maximum Gasteiger partial charge on any atom is 0.220 e. The van der Waals surface area contributed by atoms with Gasteiger partial charge in [0.15, 0.2) is 0 Å². The highest BCUT2D eigenvalue weighted by Gasteiger charge is 2.22. The Balaban J connectivity index is 2.13. The first kappa shape index (κ1) is 6.39. The van der Waals surface area contributed by atoms with Crippen LogP contribution in [-0.2, 0) is 4.79 Å². The van der Waals surface area contributed by atoms with E-state index in [1.54, 1.807) is 12.5 Å². The summed E-state index contributed by atoms with van der Waals surface area (Å²) in [5.41, 5.74) is 0.996. The minimum atomic E-state index is 0.129. The summed E-state index contributed by atoms with van der Waals surface area (Å²) in [4.78, 5) is 17.7. The van der Waals surface area contributed by atoms with Gasteiger partial charge in [-0.3, -0.25) is 4.79 Å². The van der Waals surface area contributed by atoms with Gasteiger partial charge in [-0.05, 0) is 6.42 Å². The number of hydrogen-bond acceptors (Lipinski definition) is 2. The molecule has 2 N–H and O–H groups in total. The second kappa shape index (κ2) is 2.38. The number of aromatic amines is 1. The molecular weight excluding hydrogens is 142 g/mol. The Kier molecular flexibility index (Phi) is 1.38. The van der Waals surface area contributed by atoms with Crippen LogP contribution in [-0.4, -0.2) is 15.9 Å². The summed E-state index contributed by atoms with van der Waals surface area (Å²) in [7, 11) is 0. The van der Waals surface area contributed by atoms with Crippen LogP contribution < -0.4 is 5.32 Å². The van der Waals surface area contributed by atoms with Gasteiger partial charge in [-0.15, -0.1) is 0 Å². The standard InChI is InChI=1S/C7H9N3O/c11-7-2-1-5(10-7)6-3-8-4-9-6/h3-5H,1-2H2,(H,8,9)(H,10,11). The molecule has 0 aromatic carbocycles. The summed E-state index contributed by atoms with van der Waals surface area (Å²) < 4.78 is 0. The van der Waals surface area contributed by atoms with Crippen LogP contribution in [0.25, 0.3) is 0 Å². The van der Waals surface area contributed by atoms with Gasteiger partial charge in [-0.25, -0.2) is 4.98 Å². The van der Waals surface area contributed by atoms with E-state index in [0.29, 0.717) is 6.42 Å². The molecule has 1 saturated heterocycles. The van der Waals surface area contributed by atoms with E-state index in [4.69, 9.17) is 0 Å². The number of rotatable bonds is 1. The Bertz CT molecular complexity index is 255. The third kappa shape index (κ3) is 1.11. The SMILES string of the molecule is O=C1CCC(c2cnc[nH]2)N1. The van der Waals surface area contributed by atoms with Gasteiger partial charge in [0, 0.05) is 6.42 Å². The molecule has 2 heterocycles. The average Bonchev–Trinajstić information content (AvgIpc) is 2.55. The van der Waals surface area contributed by atoms with E-state index in [9.17, 15) is 4.79 Å². The van der Waals surface area contributed by atoms with Crippen molar-refractivity contribution in [1.82, 2.24) is 15.3 Å². The zero-order valence-electron chi connectivity index (χ0n) is 6.00. The molecule has 1 unspecified atom stereocenters. The van der Waals surface area contributed by atoms with Crippen LogP contribution in [0.1, 0.15) is 24.6 Å². The minimum absolute atomic E-state index is 0.129. The molecule has 0 bridgehead atoms. The van der Waals surface area contributed by atoms with Crippen LogP contribution in [0.3, 0.4) is 0 Å². The van der Waals surface area contributed by atoms with E-state index in [2.05, 4.69) is 15.3 Å². The fourth-order valence-electron chi connectivity index (χ4n) is 1.30. The molecule has 1 atom stereocenters. The predicted molar refractivity (Wildman–Crippen MR) is 38.7 cm³/mol. The summed E-state index contributed by atoms with van der Waals surface area (Å²) >= 11 is 0. The number of carbonyl (C=O) groups excluding carboxylic acids is 1. The average molecular weight is 151 g/mol. The van der Waals surface area contributed by atoms with Crippen molar-refractivity contribution in [1.29, 1.82) is 0 Å². The number of carbonyl (C=O) groups is 1. The smallest absolute Gasteiger partial charge is 0.220 e. The molecule has 4 heteroatoms. The maximum atomic E-state index is 10.8. The normalized spacial score (nSPS) is 23.6. The number of H-pyrrole nitrogens is 1. The lowest BCUT2D eigenvalue weighted by molar-refractivity contribution is -0.119. The summed E-state index contributed by atoms with van der Waals surface area (Å²) in [6.45, 7) is 0. The van der Waals surface area contributed by atoms with Crippen LogP contribution in [0.2, 0.25) is 0 Å². The van der Waals surface area contributed by atoms with Gasteiger partial charge in [0.25, 0.3) is 0 Å². The molecule has 1 amide bonds. The van der Waals surface area contributed by atoms with Gasteiger partial charge >= 0.3 is 0 Å². The van der Waals surface area contributed by atoms with E-state index in [0.717, 1.165) is 12.1 Å². The second-order valence-corrected chi connectivity index (χ2v) is 2.67. The first-order valence-electron chi connectivity index (χ1n) is 3.64. The monoisotopic (exact) mass is 151 g/mol. The molecule has 4 nitrogen and oxygen atoms in total. The van der Waals surface area contributed by atoms with E-state index >= 15 is 0 Å². The molecule has 58 valence electrons. The second-order valence-electron chi connectivity index (χ2n) is 2.67. The van der Waals surface area contributed by atoms with Crippen molar-refractivity contribution >= 4 is 5.91 Å². The molecule has 11 heavy (non-hydrogen) atoms. The van der Waals surface area contributed by atoms with Gasteiger partial charge in [0.2, 0.25) is 5.91 Å². The van der Waals surface area contributed by atoms with Crippen molar-refractivity contribution in [3.8, 4) is 0 Å². The lowest BCUT2D eigenvalue weighted by Gasteiger charge is -2.04. The first-order valence-corrected chi connectivity index (χ1v) is 3.64. The summed E-state index contributed by atoms with van der Waals surface area (Å²) in [6, 6.07) is 0.157. The highest BCUT2D eigenvalue weighted by molar-refractivity contribution is 5.78. The zero-order valence-corrected chi connectivity index (χ0v) is 6.00. The molecule has 1 aliphatic heterocycles. The number of nitrogens with zero attached hydrogens (tertiary/aromatic N) is 1. The van der Waals surface area contributed by atoms with Crippen LogP contribution in [0, 0.1) is 0 Å². The highest BCUT2D eigenvalue weighted by atomic mass is 16.1. The van der Waals surface area contributed by atoms with E-state index < -0.39 is 0 Å². The van der Waals surface area contributed by atoms with Gasteiger partial charge in [0.1, 0.15) is 0 Å². The lowest BCUT2D eigenvalue weighted by Crippen LogP contribution is -2.18. The molecule has 1 aliphatic rings. The van der Waals surface area contributed by atoms with Crippen molar-refractivity contribution in [2.75, 3.05) is 0 Å². The molecule has 1 aromatic rings. The minimum Gasteiger partial charge on any atom is -0.348 e. The Morgan fingerprint density at radius 3 is 3.09 bits per heavy atom. The first-order chi connectivity index (χ1) is 5.36. The van der Waals surface area contributed by atoms with Crippen molar-refractivity contribution in [3.05, 3.63) is 18.2 Å². The molecule has 2 rings (SSSR count). The molecule has 0 saturated carbocycles.